The Kier molecular flexibility index (Phi) is 4.59. The highest BCUT2D eigenvalue weighted by Gasteiger charge is 2.56. The molecule has 0 amide bonds. The first-order valence-electron chi connectivity index (χ1n) is 16.0. The Bertz CT molecular complexity index is 2700. The van der Waals surface area contributed by atoms with Gasteiger partial charge < -0.3 is 13.6 Å². The molecule has 0 spiro atoms. The Morgan fingerprint density at radius 3 is 1.74 bits per heavy atom. The van der Waals surface area contributed by atoms with E-state index in [0.717, 1.165) is 45.3 Å². The third kappa shape index (κ3) is 3.15. The first-order valence-corrected chi connectivity index (χ1v) is 16.0. The predicted octanol–water partition coefficient (Wildman–Crippen LogP) is 10.6. The lowest BCUT2D eigenvalue weighted by Gasteiger charge is -2.20. The normalized spacial score (nSPS) is 19.1. The lowest BCUT2D eigenvalue weighted by molar-refractivity contribution is 0.654. The van der Waals surface area contributed by atoms with Crippen LogP contribution < -0.4 is 0 Å². The van der Waals surface area contributed by atoms with Crippen LogP contribution >= 0.6 is 0 Å². The second kappa shape index (κ2) is 8.64. The highest BCUT2D eigenvalue weighted by atomic mass is 16.3. The molecule has 9 aromatic rings. The van der Waals surface area contributed by atoms with Gasteiger partial charge in [0.05, 0.1) is 22.3 Å². The van der Waals surface area contributed by atoms with Gasteiger partial charge in [0.2, 0.25) is 0 Å². The number of benzene rings is 6. The molecule has 2 unspecified atom stereocenters. The van der Waals surface area contributed by atoms with Crippen LogP contribution in [0.5, 0.6) is 0 Å². The fourth-order valence-corrected chi connectivity index (χ4v) is 8.18. The van der Waals surface area contributed by atoms with Crippen LogP contribution in [0.1, 0.15) is 12.0 Å². The minimum Gasteiger partial charge on any atom is -0.456 e. The summed E-state index contributed by atoms with van der Waals surface area (Å²) in [4.78, 5) is 5.14. The Labute approximate surface area is 264 Å². The fourth-order valence-electron chi connectivity index (χ4n) is 8.18. The number of nitrogens with zero attached hydrogens (tertiary/aromatic N) is 3. The van der Waals surface area contributed by atoms with Crippen LogP contribution in [0.25, 0.3) is 76.9 Å². The van der Waals surface area contributed by atoms with Crippen LogP contribution in [0.4, 0.5) is 0 Å². The maximum atomic E-state index is 6.35. The Morgan fingerprint density at radius 2 is 1.11 bits per heavy atom. The molecular weight excluding hydrogens is 562 g/mol. The van der Waals surface area contributed by atoms with E-state index in [2.05, 4.69) is 155 Å². The number of furan rings is 1. The molecule has 1 fully saturated rings. The number of aromatic nitrogens is 2. The van der Waals surface area contributed by atoms with Crippen molar-refractivity contribution in [3.63, 3.8) is 0 Å². The molecule has 2 aliphatic rings. The lowest BCUT2D eigenvalue weighted by atomic mass is 10.0. The maximum Gasteiger partial charge on any atom is 0.135 e. The summed E-state index contributed by atoms with van der Waals surface area (Å²) < 4.78 is 11.2. The zero-order chi connectivity index (χ0) is 30.0. The summed E-state index contributed by atoms with van der Waals surface area (Å²) in [5.41, 5.74) is 9.92. The summed E-state index contributed by atoms with van der Waals surface area (Å²) >= 11 is 0. The average Bonchev–Trinajstić information content (AvgIpc) is 3.39. The minimum atomic E-state index is -0.115. The number of aliphatic imine (C=N–C) groups is 1. The Hall–Kier alpha value is -5.87. The number of rotatable bonds is 3. The van der Waals surface area contributed by atoms with E-state index in [1.807, 2.05) is 0 Å². The molecule has 4 heterocycles. The SMILES string of the molecule is C1=NC(c2ccc3oc4ccc(-n5c6ccccc6c6ccccc65)cc4c3c2)=CC2CC12n1c2ccccc2c2ccccc21. The van der Waals surface area contributed by atoms with Gasteiger partial charge in [-0.15, -0.1) is 0 Å². The number of hydrogen-bond donors (Lipinski definition) is 0. The van der Waals surface area contributed by atoms with Crippen LogP contribution in [-0.4, -0.2) is 15.3 Å². The molecule has 4 heteroatoms. The second-order valence-corrected chi connectivity index (χ2v) is 12.8. The molecule has 1 aliphatic heterocycles. The van der Waals surface area contributed by atoms with Crippen molar-refractivity contribution in [2.45, 2.75) is 12.0 Å². The number of para-hydroxylation sites is 4. The molecule has 216 valence electrons. The Balaban J connectivity index is 1.03. The molecule has 11 rings (SSSR count). The quantitative estimate of drug-likeness (QED) is 0.202. The summed E-state index contributed by atoms with van der Waals surface area (Å²) in [6, 6.07) is 47.9. The van der Waals surface area contributed by atoms with Crippen molar-refractivity contribution in [3.05, 3.63) is 145 Å². The van der Waals surface area contributed by atoms with Gasteiger partial charge in [0.15, 0.2) is 0 Å². The Morgan fingerprint density at radius 1 is 0.565 bits per heavy atom. The summed E-state index contributed by atoms with van der Waals surface area (Å²) in [7, 11) is 0. The van der Waals surface area contributed by atoms with Crippen molar-refractivity contribution in [3.8, 4) is 5.69 Å². The van der Waals surface area contributed by atoms with Gasteiger partial charge in [0.1, 0.15) is 11.2 Å². The van der Waals surface area contributed by atoms with Crippen LogP contribution in [0.2, 0.25) is 0 Å². The van der Waals surface area contributed by atoms with Crippen molar-refractivity contribution in [2.75, 3.05) is 0 Å². The van der Waals surface area contributed by atoms with Gasteiger partial charge in [0.25, 0.3) is 0 Å². The van der Waals surface area contributed by atoms with Gasteiger partial charge >= 0.3 is 0 Å². The van der Waals surface area contributed by atoms with E-state index in [1.165, 1.54) is 43.6 Å². The first-order chi connectivity index (χ1) is 22.8. The molecule has 2 atom stereocenters. The van der Waals surface area contributed by atoms with E-state index in [-0.39, 0.29) is 5.54 Å². The van der Waals surface area contributed by atoms with Gasteiger partial charge in [-0.3, -0.25) is 4.99 Å². The minimum absolute atomic E-state index is 0.115. The molecule has 1 aliphatic carbocycles. The van der Waals surface area contributed by atoms with Gasteiger partial charge in [-0.1, -0.05) is 78.9 Å². The van der Waals surface area contributed by atoms with E-state index in [0.29, 0.717) is 5.92 Å². The van der Waals surface area contributed by atoms with E-state index in [4.69, 9.17) is 9.41 Å². The molecule has 6 aromatic carbocycles. The van der Waals surface area contributed by atoms with E-state index < -0.39 is 0 Å². The highest BCUT2D eigenvalue weighted by molar-refractivity contribution is 6.12. The number of fused-ring (bicyclic) bond motifs is 10. The molecule has 1 saturated carbocycles. The number of hydrogen-bond acceptors (Lipinski definition) is 2. The lowest BCUT2D eigenvalue weighted by Crippen LogP contribution is -2.22. The van der Waals surface area contributed by atoms with Gasteiger partial charge in [-0.25, -0.2) is 0 Å². The van der Waals surface area contributed by atoms with Crippen molar-refractivity contribution in [1.29, 1.82) is 0 Å². The zero-order valence-electron chi connectivity index (χ0n) is 24.9. The smallest absolute Gasteiger partial charge is 0.135 e. The van der Waals surface area contributed by atoms with E-state index >= 15 is 0 Å². The largest absolute Gasteiger partial charge is 0.456 e. The average molecular weight is 590 g/mol. The summed E-state index contributed by atoms with van der Waals surface area (Å²) in [6.45, 7) is 0. The molecule has 0 radical (unpaired) electrons. The topological polar surface area (TPSA) is 35.4 Å². The standard InChI is InChI=1S/C42H27N3O/c1-5-13-36-29(9-1)30-10-2-6-14-37(30)44(36)28-18-20-41-34(23-28)33-21-26(17-19-40(33)46-41)35-22-27-24-42(27,25-43-35)45-38-15-7-3-11-31(38)32-12-4-8-16-39(32)45/h1-23,25,27H,24H2. The van der Waals surface area contributed by atoms with Crippen molar-refractivity contribution >= 4 is 77.5 Å². The summed E-state index contributed by atoms with van der Waals surface area (Å²) in [5, 5.41) is 7.36. The molecule has 46 heavy (non-hydrogen) atoms. The first kappa shape index (κ1) is 24.5. The molecule has 0 saturated heterocycles. The second-order valence-electron chi connectivity index (χ2n) is 12.8. The molecule has 0 bridgehead atoms. The number of allylic oxidation sites excluding steroid dienone is 1. The fraction of sp³-hybridized carbons (Fsp3) is 0.0714. The van der Waals surface area contributed by atoms with Crippen molar-refractivity contribution in [1.82, 2.24) is 9.13 Å². The van der Waals surface area contributed by atoms with Crippen molar-refractivity contribution < 1.29 is 4.42 Å². The molecule has 3 aromatic heterocycles. The van der Waals surface area contributed by atoms with Crippen LogP contribution in [-0.2, 0) is 5.54 Å². The van der Waals surface area contributed by atoms with Gasteiger partial charge in [-0.2, -0.15) is 0 Å². The molecular formula is C42H27N3O. The van der Waals surface area contributed by atoms with E-state index in [9.17, 15) is 0 Å². The van der Waals surface area contributed by atoms with Gasteiger partial charge in [-0.05, 0) is 67.1 Å². The van der Waals surface area contributed by atoms with Crippen LogP contribution in [0.15, 0.2) is 149 Å². The zero-order valence-corrected chi connectivity index (χ0v) is 24.9. The van der Waals surface area contributed by atoms with Crippen LogP contribution in [0.3, 0.4) is 0 Å². The summed E-state index contributed by atoms with van der Waals surface area (Å²) in [6.07, 6.45) is 5.65. The third-order valence-electron chi connectivity index (χ3n) is 10.4. The molecule has 4 nitrogen and oxygen atoms in total. The van der Waals surface area contributed by atoms with Crippen LogP contribution in [0, 0.1) is 5.92 Å². The monoisotopic (exact) mass is 589 g/mol. The predicted molar refractivity (Wildman–Crippen MR) is 190 cm³/mol. The van der Waals surface area contributed by atoms with E-state index in [1.54, 1.807) is 0 Å². The highest BCUT2D eigenvalue weighted by Crippen LogP contribution is 2.56. The summed E-state index contributed by atoms with van der Waals surface area (Å²) in [5.74, 6) is 0.401. The van der Waals surface area contributed by atoms with Gasteiger partial charge in [0, 0.05) is 66.7 Å². The molecule has 0 N–H and O–H groups in total. The third-order valence-corrected chi connectivity index (χ3v) is 10.4. The van der Waals surface area contributed by atoms with Crippen molar-refractivity contribution in [2.24, 2.45) is 10.9 Å². The maximum absolute atomic E-state index is 6.35.